The van der Waals surface area contributed by atoms with E-state index in [1.807, 2.05) is 12.1 Å². The van der Waals surface area contributed by atoms with E-state index in [1.54, 1.807) is 30.3 Å². The molecule has 0 bridgehead atoms. The van der Waals surface area contributed by atoms with Crippen molar-refractivity contribution in [2.75, 3.05) is 11.5 Å². The molecule has 1 atom stereocenters. The number of halogens is 1. The Morgan fingerprint density at radius 2 is 1.94 bits per heavy atom. The van der Waals surface area contributed by atoms with Crippen molar-refractivity contribution >= 4 is 39.3 Å². The van der Waals surface area contributed by atoms with Crippen LogP contribution in [0, 0.1) is 11.3 Å². The SMILES string of the molecule is CC1=C(C#N)C(=O)N([C@H]2CCS(=O)(=O)C2)C(=O)/C1=C\c1ccc(-c2ccccc2Cl)o1. The number of sulfone groups is 1. The third-order valence-corrected chi connectivity index (χ3v) is 7.48. The fourth-order valence-corrected chi connectivity index (χ4v) is 5.72. The summed E-state index contributed by atoms with van der Waals surface area (Å²) in [4.78, 5) is 26.8. The summed E-state index contributed by atoms with van der Waals surface area (Å²) >= 11 is 6.21. The summed E-state index contributed by atoms with van der Waals surface area (Å²) in [5.74, 6) is -0.967. The molecule has 31 heavy (non-hydrogen) atoms. The summed E-state index contributed by atoms with van der Waals surface area (Å²) in [6.07, 6.45) is 1.61. The minimum absolute atomic E-state index is 0.0995. The van der Waals surface area contributed by atoms with Crippen LogP contribution in [-0.4, -0.2) is 42.7 Å². The van der Waals surface area contributed by atoms with Gasteiger partial charge in [-0.25, -0.2) is 8.42 Å². The third kappa shape index (κ3) is 3.82. The molecule has 0 unspecified atom stereocenters. The van der Waals surface area contributed by atoms with E-state index in [2.05, 4.69) is 0 Å². The largest absolute Gasteiger partial charge is 0.457 e. The van der Waals surface area contributed by atoms with Gasteiger partial charge in [0.1, 0.15) is 23.2 Å². The van der Waals surface area contributed by atoms with Crippen LogP contribution in [0.25, 0.3) is 17.4 Å². The quantitative estimate of drug-likeness (QED) is 0.517. The molecule has 1 aromatic carbocycles. The fourth-order valence-electron chi connectivity index (χ4n) is 3.79. The van der Waals surface area contributed by atoms with Crippen LogP contribution < -0.4 is 0 Å². The van der Waals surface area contributed by atoms with Crippen molar-refractivity contribution in [3.63, 3.8) is 0 Å². The Hall–Kier alpha value is -3.15. The van der Waals surface area contributed by atoms with Gasteiger partial charge in [0.15, 0.2) is 9.84 Å². The first kappa shape index (κ1) is 21.1. The average Bonchev–Trinajstić information content (AvgIpc) is 3.32. The smallest absolute Gasteiger partial charge is 0.271 e. The lowest BCUT2D eigenvalue weighted by Crippen LogP contribution is -2.49. The van der Waals surface area contributed by atoms with Crippen LogP contribution >= 0.6 is 11.6 Å². The fraction of sp³-hybridized carbons (Fsp3) is 0.227. The standard InChI is InChI=1S/C22H17ClN2O5S/c1-13-17(10-15-6-7-20(30-15)16-4-2-3-5-19(16)23)21(26)25(22(27)18(13)11-24)14-8-9-31(28,29)12-14/h2-7,10,14H,8-9,12H2,1H3/b17-10-/t14-/m0/s1. The highest BCUT2D eigenvalue weighted by atomic mass is 35.5. The molecule has 0 radical (unpaired) electrons. The van der Waals surface area contributed by atoms with Crippen molar-refractivity contribution < 1.29 is 22.4 Å². The van der Waals surface area contributed by atoms with Crippen LogP contribution in [0.5, 0.6) is 0 Å². The molecule has 0 aliphatic carbocycles. The number of furan rings is 1. The summed E-state index contributed by atoms with van der Waals surface area (Å²) in [6, 6.07) is 11.6. The Morgan fingerprint density at radius 1 is 1.19 bits per heavy atom. The van der Waals surface area contributed by atoms with Gasteiger partial charge < -0.3 is 4.42 Å². The molecule has 9 heteroatoms. The van der Waals surface area contributed by atoms with E-state index >= 15 is 0 Å². The second-order valence-corrected chi connectivity index (χ2v) is 10.0. The zero-order valence-electron chi connectivity index (χ0n) is 16.5. The summed E-state index contributed by atoms with van der Waals surface area (Å²) in [6.45, 7) is 1.51. The van der Waals surface area contributed by atoms with Crippen molar-refractivity contribution in [3.8, 4) is 17.4 Å². The average molecular weight is 457 g/mol. The number of hydrogen-bond donors (Lipinski definition) is 0. The molecule has 2 aliphatic rings. The Labute approximate surface area is 184 Å². The van der Waals surface area contributed by atoms with E-state index in [0.717, 1.165) is 4.90 Å². The predicted molar refractivity (Wildman–Crippen MR) is 114 cm³/mol. The lowest BCUT2D eigenvalue weighted by molar-refractivity contribution is -0.142. The highest BCUT2D eigenvalue weighted by molar-refractivity contribution is 7.91. The number of carbonyl (C=O) groups excluding carboxylic acids is 2. The summed E-state index contributed by atoms with van der Waals surface area (Å²) < 4.78 is 29.6. The van der Waals surface area contributed by atoms with E-state index in [9.17, 15) is 23.3 Å². The maximum atomic E-state index is 13.2. The molecule has 0 N–H and O–H groups in total. The second-order valence-electron chi connectivity index (χ2n) is 7.39. The zero-order valence-corrected chi connectivity index (χ0v) is 18.0. The van der Waals surface area contributed by atoms with E-state index in [4.69, 9.17) is 16.0 Å². The molecule has 0 saturated carbocycles. The minimum atomic E-state index is -3.33. The second kappa shape index (κ2) is 7.84. The number of nitriles is 1. The molecular weight excluding hydrogens is 440 g/mol. The Kier molecular flexibility index (Phi) is 5.33. The van der Waals surface area contributed by atoms with Crippen molar-refractivity contribution in [2.24, 2.45) is 0 Å². The van der Waals surface area contributed by atoms with Crippen molar-refractivity contribution in [2.45, 2.75) is 19.4 Å². The molecule has 3 heterocycles. The first-order valence-electron chi connectivity index (χ1n) is 9.48. The number of amides is 2. The number of rotatable bonds is 3. The number of benzene rings is 1. The van der Waals surface area contributed by atoms with Crippen LogP contribution in [0.1, 0.15) is 19.1 Å². The summed E-state index contributed by atoms with van der Waals surface area (Å²) in [5.41, 5.74) is 0.834. The van der Waals surface area contributed by atoms with Gasteiger partial charge in [-0.2, -0.15) is 5.26 Å². The van der Waals surface area contributed by atoms with Gasteiger partial charge in [-0.3, -0.25) is 14.5 Å². The van der Waals surface area contributed by atoms with Crippen LogP contribution in [0.15, 0.2) is 57.5 Å². The molecule has 1 aromatic heterocycles. The maximum absolute atomic E-state index is 13.2. The maximum Gasteiger partial charge on any atom is 0.271 e. The van der Waals surface area contributed by atoms with Gasteiger partial charge in [-0.15, -0.1) is 0 Å². The van der Waals surface area contributed by atoms with E-state index in [0.29, 0.717) is 22.1 Å². The molecule has 7 nitrogen and oxygen atoms in total. The summed E-state index contributed by atoms with van der Waals surface area (Å²) in [5, 5.41) is 10.0. The van der Waals surface area contributed by atoms with E-state index in [1.165, 1.54) is 13.0 Å². The van der Waals surface area contributed by atoms with Gasteiger partial charge in [0, 0.05) is 11.1 Å². The number of carbonyl (C=O) groups is 2. The van der Waals surface area contributed by atoms with Gasteiger partial charge >= 0.3 is 0 Å². The van der Waals surface area contributed by atoms with E-state index < -0.39 is 27.7 Å². The first-order chi connectivity index (χ1) is 14.7. The van der Waals surface area contributed by atoms with Crippen LogP contribution in [-0.2, 0) is 19.4 Å². The van der Waals surface area contributed by atoms with Crippen molar-refractivity contribution in [1.82, 2.24) is 4.90 Å². The van der Waals surface area contributed by atoms with Crippen molar-refractivity contribution in [3.05, 3.63) is 63.9 Å². The van der Waals surface area contributed by atoms with Gasteiger partial charge in [0.25, 0.3) is 11.8 Å². The topological polar surface area (TPSA) is 108 Å². The molecule has 2 aromatic rings. The normalized spacial score (nSPS) is 22.3. The Bertz CT molecular complexity index is 1310. The Balaban J connectivity index is 1.75. The monoisotopic (exact) mass is 456 g/mol. The molecule has 2 aliphatic heterocycles. The Morgan fingerprint density at radius 3 is 2.58 bits per heavy atom. The number of hydrogen-bond acceptors (Lipinski definition) is 6. The highest BCUT2D eigenvalue weighted by Crippen LogP contribution is 2.33. The molecule has 2 amide bonds. The molecule has 0 spiro atoms. The van der Waals surface area contributed by atoms with Crippen molar-refractivity contribution in [1.29, 1.82) is 5.26 Å². The van der Waals surface area contributed by atoms with Crippen LogP contribution in [0.3, 0.4) is 0 Å². The van der Waals surface area contributed by atoms with Crippen LogP contribution in [0.2, 0.25) is 5.02 Å². The zero-order chi connectivity index (χ0) is 22.3. The lowest BCUT2D eigenvalue weighted by Gasteiger charge is -2.31. The molecule has 1 fully saturated rings. The van der Waals surface area contributed by atoms with Gasteiger partial charge in [0.2, 0.25) is 0 Å². The predicted octanol–water partition coefficient (Wildman–Crippen LogP) is 3.38. The third-order valence-electron chi connectivity index (χ3n) is 5.40. The molecule has 4 rings (SSSR count). The van der Waals surface area contributed by atoms with Crippen LogP contribution in [0.4, 0.5) is 0 Å². The molecular formula is C22H17ClN2O5S. The summed E-state index contributed by atoms with van der Waals surface area (Å²) in [7, 11) is -3.33. The number of imide groups is 1. The van der Waals surface area contributed by atoms with E-state index in [-0.39, 0.29) is 34.6 Å². The minimum Gasteiger partial charge on any atom is -0.457 e. The molecule has 1 saturated heterocycles. The van der Waals surface area contributed by atoms with Gasteiger partial charge in [0.05, 0.1) is 22.6 Å². The first-order valence-corrected chi connectivity index (χ1v) is 11.7. The lowest BCUT2D eigenvalue weighted by atomic mass is 9.93. The number of nitrogens with zero attached hydrogens (tertiary/aromatic N) is 2. The van der Waals surface area contributed by atoms with Gasteiger partial charge in [-0.1, -0.05) is 23.7 Å². The molecule has 158 valence electrons. The van der Waals surface area contributed by atoms with Gasteiger partial charge in [-0.05, 0) is 49.3 Å². The highest BCUT2D eigenvalue weighted by Gasteiger charge is 2.43.